The van der Waals surface area contributed by atoms with Gasteiger partial charge >= 0.3 is 6.18 Å². The van der Waals surface area contributed by atoms with E-state index < -0.39 is 35.0 Å². The average molecular weight is 624 g/mol. The first-order chi connectivity index (χ1) is 20.4. The number of nitrogens with two attached hydrogens (primary N) is 1. The van der Waals surface area contributed by atoms with Gasteiger partial charge in [0.2, 0.25) is 11.3 Å². The molecule has 228 valence electrons. The Morgan fingerprint density at radius 3 is 2.72 bits per heavy atom. The van der Waals surface area contributed by atoms with Crippen molar-refractivity contribution >= 4 is 33.9 Å². The zero-order valence-electron chi connectivity index (χ0n) is 22.6. The molecule has 10 nitrogen and oxygen atoms in total. The quantitative estimate of drug-likeness (QED) is 0.186. The van der Waals surface area contributed by atoms with Crippen molar-refractivity contribution in [1.29, 1.82) is 0 Å². The molecule has 0 amide bonds. The Labute approximate surface area is 244 Å². The predicted octanol–water partition coefficient (Wildman–Crippen LogP) is 4.85. The van der Waals surface area contributed by atoms with Gasteiger partial charge in [-0.1, -0.05) is 12.1 Å². The van der Waals surface area contributed by atoms with E-state index in [1.54, 1.807) is 0 Å². The van der Waals surface area contributed by atoms with Crippen molar-refractivity contribution in [2.75, 3.05) is 36.9 Å². The molecule has 0 aliphatic carbocycles. The molecule has 0 radical (unpaired) electrons. The van der Waals surface area contributed by atoms with Crippen LogP contribution in [0.1, 0.15) is 30.6 Å². The van der Waals surface area contributed by atoms with E-state index in [1.165, 1.54) is 30.3 Å². The van der Waals surface area contributed by atoms with Gasteiger partial charge in [-0.15, -0.1) is 0 Å². The van der Waals surface area contributed by atoms with Crippen molar-refractivity contribution in [2.45, 2.75) is 31.7 Å². The predicted molar refractivity (Wildman–Crippen MR) is 150 cm³/mol. The number of fused-ring (bicyclic) bond motifs is 1. The van der Waals surface area contributed by atoms with Gasteiger partial charge in [0, 0.05) is 36.0 Å². The highest BCUT2D eigenvalue weighted by Gasteiger charge is 2.36. The Kier molecular flexibility index (Phi) is 8.82. The lowest BCUT2D eigenvalue weighted by Gasteiger charge is -2.34. The maximum absolute atomic E-state index is 15.6. The van der Waals surface area contributed by atoms with Gasteiger partial charge in [-0.25, -0.2) is 37.6 Å². The number of nitrogens with one attached hydrogen (secondary N) is 1. The molecule has 1 aliphatic rings. The summed E-state index contributed by atoms with van der Waals surface area (Å²) in [6.07, 6.45) is -5.83. The molecule has 0 bridgehead atoms. The van der Waals surface area contributed by atoms with Crippen LogP contribution in [0.4, 0.5) is 33.6 Å². The second-order valence-electron chi connectivity index (χ2n) is 9.81. The third-order valence-corrected chi connectivity index (χ3v) is 7.35. The number of rotatable bonds is 8. The number of nitrogen functional groups attached to an aromatic ring is 1. The number of hydrogen-bond acceptors (Lipinski definition) is 8. The largest absolute Gasteiger partial charge is 0.417 e. The van der Waals surface area contributed by atoms with Crippen LogP contribution in [0.15, 0.2) is 42.6 Å². The van der Waals surface area contributed by atoms with Gasteiger partial charge in [-0.2, -0.15) is 13.2 Å². The molecule has 5 rings (SSSR count). The van der Waals surface area contributed by atoms with Crippen LogP contribution in [0.2, 0.25) is 0 Å². The van der Waals surface area contributed by atoms with E-state index in [2.05, 4.69) is 24.7 Å². The van der Waals surface area contributed by atoms with E-state index in [1.807, 2.05) is 11.8 Å². The summed E-state index contributed by atoms with van der Waals surface area (Å²) in [5.74, 6) is -1.22. The zero-order chi connectivity index (χ0) is 30.9. The Hall–Kier alpha value is -3.86. The summed E-state index contributed by atoms with van der Waals surface area (Å²) in [7, 11) is 0. The molecule has 1 fully saturated rings. The molecule has 3 unspecified atom stereocenters. The summed E-state index contributed by atoms with van der Waals surface area (Å²) in [5, 5.41) is 0. The standard InChI is InChI=1S/C27H26F5N7O3S/c1-14-13-42-10-9-39(14)26-24-21(37-25(38-26)17-12-34-22(33)11-18(17)27(30,31)32)6-5-20(36-24)16-4-2-3-15(23(16)29)19(28)7-8-35-43(40)41/h2-6,11-12,14,19,35H,7-10,13H2,1H3,(H2,33,34)(H,40,41). The van der Waals surface area contributed by atoms with E-state index in [9.17, 15) is 21.8 Å². The summed E-state index contributed by atoms with van der Waals surface area (Å²) in [6, 6.07) is 7.55. The first-order valence-electron chi connectivity index (χ1n) is 13.1. The summed E-state index contributed by atoms with van der Waals surface area (Å²) >= 11 is -2.33. The fourth-order valence-electron chi connectivity index (χ4n) is 4.81. The minimum Gasteiger partial charge on any atom is -0.384 e. The van der Waals surface area contributed by atoms with Crippen molar-refractivity contribution in [3.8, 4) is 22.6 Å². The van der Waals surface area contributed by atoms with Crippen LogP contribution in [-0.2, 0) is 22.2 Å². The number of morpholine rings is 1. The number of alkyl halides is 4. The third kappa shape index (κ3) is 6.56. The number of hydrogen-bond donors (Lipinski definition) is 3. The highest BCUT2D eigenvalue weighted by atomic mass is 32.2. The van der Waals surface area contributed by atoms with Crippen LogP contribution in [0.5, 0.6) is 0 Å². The molecule has 16 heteroatoms. The molecule has 4 N–H and O–H groups in total. The number of benzene rings is 1. The molecule has 1 aliphatic heterocycles. The molecule has 0 spiro atoms. The van der Waals surface area contributed by atoms with Gasteiger partial charge in [0.15, 0.2) is 11.6 Å². The molecule has 1 saturated heterocycles. The number of pyridine rings is 2. The van der Waals surface area contributed by atoms with E-state index in [4.69, 9.17) is 15.0 Å². The Balaban J connectivity index is 1.64. The highest BCUT2D eigenvalue weighted by Crippen LogP contribution is 2.39. The first-order valence-corrected chi connectivity index (χ1v) is 14.2. The fraction of sp³-hybridized carbons (Fsp3) is 0.333. The van der Waals surface area contributed by atoms with Gasteiger partial charge < -0.3 is 15.4 Å². The van der Waals surface area contributed by atoms with Crippen molar-refractivity contribution in [2.24, 2.45) is 0 Å². The van der Waals surface area contributed by atoms with Crippen LogP contribution < -0.4 is 15.4 Å². The lowest BCUT2D eigenvalue weighted by atomic mass is 10.0. The first kappa shape index (κ1) is 30.6. The molecule has 4 heterocycles. The minimum atomic E-state index is -4.76. The van der Waals surface area contributed by atoms with Crippen LogP contribution in [-0.4, -0.2) is 61.0 Å². The zero-order valence-corrected chi connectivity index (χ0v) is 23.4. The van der Waals surface area contributed by atoms with E-state index >= 15 is 4.39 Å². The smallest absolute Gasteiger partial charge is 0.384 e. The molecule has 4 aromatic rings. The number of ether oxygens (including phenoxy) is 1. The van der Waals surface area contributed by atoms with Crippen molar-refractivity contribution in [1.82, 2.24) is 24.7 Å². The van der Waals surface area contributed by atoms with Crippen LogP contribution in [0, 0.1) is 5.82 Å². The third-order valence-electron chi connectivity index (χ3n) is 6.90. The molecular weight excluding hydrogens is 597 g/mol. The number of anilines is 2. The van der Waals surface area contributed by atoms with Gasteiger partial charge in [0.05, 0.1) is 36.0 Å². The molecule has 3 atom stereocenters. The Bertz CT molecular complexity index is 1680. The fourth-order valence-corrected chi connectivity index (χ4v) is 5.11. The molecule has 43 heavy (non-hydrogen) atoms. The normalized spacial score (nSPS) is 17.3. The number of halogens is 5. The Morgan fingerprint density at radius 1 is 1.21 bits per heavy atom. The Morgan fingerprint density at radius 2 is 2.00 bits per heavy atom. The van der Waals surface area contributed by atoms with Crippen molar-refractivity contribution in [3.63, 3.8) is 0 Å². The average Bonchev–Trinajstić information content (AvgIpc) is 2.96. The molecule has 1 aromatic carbocycles. The second kappa shape index (κ2) is 12.4. The summed E-state index contributed by atoms with van der Waals surface area (Å²) in [6.45, 7) is 2.70. The van der Waals surface area contributed by atoms with Gasteiger partial charge in [-0.05, 0) is 37.6 Å². The van der Waals surface area contributed by atoms with Crippen molar-refractivity contribution < 1.29 is 35.5 Å². The monoisotopic (exact) mass is 623 g/mol. The minimum absolute atomic E-state index is 0.0205. The van der Waals surface area contributed by atoms with E-state index in [0.29, 0.717) is 25.8 Å². The lowest BCUT2D eigenvalue weighted by molar-refractivity contribution is -0.137. The van der Waals surface area contributed by atoms with E-state index in [0.717, 1.165) is 6.20 Å². The summed E-state index contributed by atoms with van der Waals surface area (Å²) < 4.78 is 99.6. The number of nitrogens with zero attached hydrogens (tertiary/aromatic N) is 5. The van der Waals surface area contributed by atoms with Crippen molar-refractivity contribution in [3.05, 3.63) is 59.5 Å². The molecule has 3 aromatic heterocycles. The van der Waals surface area contributed by atoms with Crippen LogP contribution >= 0.6 is 0 Å². The van der Waals surface area contributed by atoms with Gasteiger partial charge in [-0.3, -0.25) is 4.55 Å². The summed E-state index contributed by atoms with van der Waals surface area (Å²) in [4.78, 5) is 19.1. The van der Waals surface area contributed by atoms with Crippen LogP contribution in [0.25, 0.3) is 33.7 Å². The topological polar surface area (TPSA) is 139 Å². The maximum Gasteiger partial charge on any atom is 0.417 e. The van der Waals surface area contributed by atoms with Gasteiger partial charge in [0.1, 0.15) is 23.3 Å². The molecular formula is C27H26F5N7O3S. The van der Waals surface area contributed by atoms with E-state index in [-0.39, 0.29) is 69.9 Å². The maximum atomic E-state index is 15.6. The SMILES string of the molecule is CC1COCCN1c1nc(-c2cnc(N)cc2C(F)(F)F)nc2ccc(-c3cccc(C(F)CCNS(=O)O)c3F)nc12. The highest BCUT2D eigenvalue weighted by molar-refractivity contribution is 7.77. The van der Waals surface area contributed by atoms with Crippen LogP contribution in [0.3, 0.4) is 0 Å². The number of aromatic nitrogens is 4. The van der Waals surface area contributed by atoms with Gasteiger partial charge in [0.25, 0.3) is 0 Å². The summed E-state index contributed by atoms with van der Waals surface area (Å²) in [5.41, 5.74) is 4.35. The second-order valence-corrected chi connectivity index (χ2v) is 10.6. The molecule has 0 saturated carbocycles. The lowest BCUT2D eigenvalue weighted by Crippen LogP contribution is -2.44.